The van der Waals surface area contributed by atoms with Gasteiger partial charge in [-0.05, 0) is 82.3 Å². The van der Waals surface area contributed by atoms with Gasteiger partial charge in [0.05, 0.1) is 15.3 Å². The van der Waals surface area contributed by atoms with Crippen LogP contribution in [-0.2, 0) is 31.8 Å². The van der Waals surface area contributed by atoms with E-state index < -0.39 is 9.85 Å². The molecule has 3 N–H and O–H groups in total. The van der Waals surface area contributed by atoms with Crippen LogP contribution < -0.4 is 24.5 Å². The summed E-state index contributed by atoms with van der Waals surface area (Å²) in [4.78, 5) is 51.1. The van der Waals surface area contributed by atoms with E-state index >= 15 is 0 Å². The van der Waals surface area contributed by atoms with Crippen LogP contribution in [-0.4, -0.2) is 78.6 Å². The molecule has 335 valence electrons. The zero-order valence-corrected chi connectivity index (χ0v) is 37.1. The van der Waals surface area contributed by atoms with Gasteiger partial charge in [0.1, 0.15) is 41.6 Å². The Morgan fingerprint density at radius 1 is 0.797 bits per heavy atom. The maximum absolute atomic E-state index is 13.7. The molecule has 19 nitrogen and oxygen atoms in total. The number of ketones is 2. The molecule has 7 rings (SSSR count). The number of allylic oxidation sites excluding steroid dienone is 7. The van der Waals surface area contributed by atoms with Crippen molar-refractivity contribution in [2.45, 2.75) is 33.1 Å². The number of nitro groups is 2. The zero-order chi connectivity index (χ0) is 46.0. The molecule has 0 saturated heterocycles. The van der Waals surface area contributed by atoms with Gasteiger partial charge in [-0.1, -0.05) is 22.7 Å². The average molecular weight is 957 g/mol. The van der Waals surface area contributed by atoms with Crippen molar-refractivity contribution in [1.29, 1.82) is 0 Å². The third-order valence-electron chi connectivity index (χ3n) is 9.26. The minimum atomic E-state index is -0.583. The molecule has 2 aliphatic carbocycles. The Morgan fingerprint density at radius 3 is 1.75 bits per heavy atom. The Kier molecular flexibility index (Phi) is 16.8. The van der Waals surface area contributed by atoms with E-state index in [-0.39, 0.29) is 87.9 Å². The molecular weight excluding hydrogens is 919 g/mol. The Bertz CT molecular complexity index is 2760. The Hall–Kier alpha value is -7.21. The van der Waals surface area contributed by atoms with Crippen LogP contribution in [0.3, 0.4) is 0 Å². The van der Waals surface area contributed by atoms with Crippen LogP contribution in [0.1, 0.15) is 38.8 Å². The third kappa shape index (κ3) is 12.2. The molecule has 0 amide bonds. The van der Waals surface area contributed by atoms with Gasteiger partial charge in [0, 0.05) is 99.0 Å². The molecule has 0 spiro atoms. The number of thiazole rings is 2. The fourth-order valence-corrected chi connectivity index (χ4v) is 7.19. The number of phenols is 1. The van der Waals surface area contributed by atoms with Crippen molar-refractivity contribution in [2.75, 3.05) is 25.0 Å². The van der Waals surface area contributed by atoms with Gasteiger partial charge in [0.15, 0.2) is 17.3 Å². The summed E-state index contributed by atoms with van der Waals surface area (Å²) in [6.07, 6.45) is 13.1. The van der Waals surface area contributed by atoms with Crippen molar-refractivity contribution in [3.05, 3.63) is 150 Å². The molecule has 2 aromatic carbocycles. The molecule has 23 heteroatoms. The van der Waals surface area contributed by atoms with E-state index in [4.69, 9.17) is 0 Å². The summed E-state index contributed by atoms with van der Waals surface area (Å²) in [6.45, 7) is 10.2. The number of aromatic hydroxyl groups is 1. The Morgan fingerprint density at radius 2 is 1.31 bits per heavy atom. The molecule has 0 bridgehead atoms. The minimum Gasteiger partial charge on any atom is -0.507 e. The van der Waals surface area contributed by atoms with Crippen LogP contribution in [0.5, 0.6) is 5.75 Å². The van der Waals surface area contributed by atoms with Crippen LogP contribution in [0, 0.1) is 26.0 Å². The van der Waals surface area contributed by atoms with Gasteiger partial charge < -0.3 is 40.4 Å². The normalized spacial score (nSPS) is 16.8. The first-order valence-electron chi connectivity index (χ1n) is 18.6. The molecule has 4 aromatic rings. The largest absolute Gasteiger partial charge is 0.507 e. The van der Waals surface area contributed by atoms with Gasteiger partial charge in [-0.3, -0.25) is 40.0 Å². The first-order chi connectivity index (χ1) is 29.9. The van der Waals surface area contributed by atoms with Crippen LogP contribution in [0.2, 0.25) is 0 Å². The van der Waals surface area contributed by atoms with Gasteiger partial charge in [-0.25, -0.2) is 4.39 Å². The number of nitrogens with zero attached hydrogens (tertiary/aromatic N) is 10. The number of aliphatic hydroxyl groups is 2. The number of phenolic OH excluding ortho intramolecular Hbond substituents is 1. The second kappa shape index (κ2) is 21.7. The standard InChI is InChI=1S/C23H27FN2O.2C9H6N4O4S.Co/c1-6-26(7-2)18-11-8-16(21(27)15-18)9-13-22-23(3,4)19-14-17(24)10-12-20(19)25(22)5;2*14-5-1-2-6(7(15)3-5)11-12-9-10-4-8(18-9)13(16)17;/h8-15H,6-7H2,1-5H3;2*1-4H,(H2,10,12,14,15);/p-1. The second-order valence-corrected chi connectivity index (χ2v) is 15.6. The minimum absolute atomic E-state index is 0. The number of hydrogen-bond donors (Lipinski definition) is 3. The van der Waals surface area contributed by atoms with Gasteiger partial charge in [0.2, 0.25) is 5.69 Å². The van der Waals surface area contributed by atoms with Crippen molar-refractivity contribution < 1.29 is 60.5 Å². The SMILES string of the molecule is CCN(CC)c1ccc(/C=C/C2=[N+](C)c3ccc(F)cc3C2(C)C)c(O)c1.O=C1C=CC(=NN=c2[n-]cc([N+](=O)[O-])s2)C(O)=C1.O=C1C=CC(=NN=c2[n-]cc([N+](=O)[O-])s2)C(O)=C1.[Co]. The molecule has 0 unspecified atom stereocenters. The maximum Gasteiger partial charge on any atom is 0.319 e. The van der Waals surface area contributed by atoms with E-state index in [1.54, 1.807) is 6.07 Å². The summed E-state index contributed by atoms with van der Waals surface area (Å²) in [6, 6.07) is 10.7. The summed E-state index contributed by atoms with van der Waals surface area (Å²) in [7, 11) is 1.99. The summed E-state index contributed by atoms with van der Waals surface area (Å²) in [5, 5.41) is 64.3. The number of benzene rings is 2. The number of carbonyl (C=O) groups excluding carboxylic acids is 2. The molecule has 3 heterocycles. The van der Waals surface area contributed by atoms with Crippen molar-refractivity contribution in [3.63, 3.8) is 0 Å². The maximum atomic E-state index is 13.7. The fraction of sp³-hybridized carbons (Fsp3) is 0.195. The summed E-state index contributed by atoms with van der Waals surface area (Å²) < 4.78 is 15.8. The van der Waals surface area contributed by atoms with Crippen molar-refractivity contribution in [2.24, 2.45) is 20.4 Å². The van der Waals surface area contributed by atoms with Crippen LogP contribution in [0.4, 0.5) is 25.8 Å². The molecule has 3 aliphatic rings. The number of aromatic nitrogens is 2. The number of rotatable bonds is 9. The van der Waals surface area contributed by atoms with Gasteiger partial charge in [0.25, 0.3) is 0 Å². The smallest absolute Gasteiger partial charge is 0.319 e. The number of aliphatic hydroxyl groups excluding tert-OH is 2. The number of fused-ring (bicyclic) bond motifs is 1. The van der Waals surface area contributed by atoms with Crippen molar-refractivity contribution in [3.8, 4) is 5.75 Å². The van der Waals surface area contributed by atoms with Gasteiger partial charge in [-0.15, -0.1) is 0 Å². The van der Waals surface area contributed by atoms with Gasteiger partial charge >= 0.3 is 10.0 Å². The van der Waals surface area contributed by atoms with Crippen LogP contribution in [0.25, 0.3) is 6.08 Å². The van der Waals surface area contributed by atoms with E-state index in [0.29, 0.717) is 0 Å². The van der Waals surface area contributed by atoms with Crippen LogP contribution in [0.15, 0.2) is 123 Å². The van der Waals surface area contributed by atoms with Crippen molar-refractivity contribution in [1.82, 2.24) is 9.97 Å². The third-order valence-corrected chi connectivity index (χ3v) is 10.9. The zero-order valence-electron chi connectivity index (χ0n) is 34.4. The predicted octanol–water partition coefficient (Wildman–Crippen LogP) is 6.00. The predicted molar refractivity (Wildman–Crippen MR) is 235 cm³/mol. The Balaban J connectivity index is 0.000000216. The number of carbonyl (C=O) groups is 2. The second-order valence-electron chi connectivity index (χ2n) is 13.7. The molecule has 2 aromatic heterocycles. The molecule has 64 heavy (non-hydrogen) atoms. The average Bonchev–Trinajstić information content (AvgIpc) is 3.96. The van der Waals surface area contributed by atoms with Gasteiger partial charge in [-0.2, -0.15) is 4.58 Å². The molecule has 0 atom stereocenters. The molecule has 0 fully saturated rings. The van der Waals surface area contributed by atoms with E-state index in [1.807, 2.05) is 43.5 Å². The van der Waals surface area contributed by atoms with E-state index in [0.717, 1.165) is 88.5 Å². The first-order valence-corrected chi connectivity index (χ1v) is 20.3. The molecule has 1 radical (unpaired) electrons. The topological polar surface area (TPSA) is 265 Å². The summed E-state index contributed by atoms with van der Waals surface area (Å²) in [5.41, 5.74) is 4.72. The summed E-state index contributed by atoms with van der Waals surface area (Å²) in [5.74, 6) is -1.27. The molecule has 1 aliphatic heterocycles. The van der Waals surface area contributed by atoms with E-state index in [2.05, 4.69) is 67.5 Å². The number of hydrogen-bond acceptors (Lipinski definition) is 16. The monoisotopic (exact) mass is 956 g/mol. The first kappa shape index (κ1) is 49.4. The van der Waals surface area contributed by atoms with E-state index in [9.17, 15) is 49.5 Å². The van der Waals surface area contributed by atoms with Crippen LogP contribution >= 0.6 is 22.7 Å². The van der Waals surface area contributed by atoms with Crippen molar-refractivity contribution >= 4 is 78.8 Å². The number of halogens is 1. The summed E-state index contributed by atoms with van der Waals surface area (Å²) >= 11 is 1.51. The molecular formula is C41H38CoFN10O9S2-. The molecule has 0 saturated carbocycles. The van der Waals surface area contributed by atoms with E-state index in [1.165, 1.54) is 30.4 Å². The quantitative estimate of drug-likeness (QED) is 0.0755. The fourth-order valence-electron chi connectivity index (χ4n) is 6.08. The Labute approximate surface area is 381 Å². The number of anilines is 1.